The summed E-state index contributed by atoms with van der Waals surface area (Å²) in [6, 6.07) is 3.60. The molecule has 0 spiro atoms. The van der Waals surface area contributed by atoms with Crippen molar-refractivity contribution in [3.8, 4) is 0 Å². The van der Waals surface area contributed by atoms with Crippen molar-refractivity contribution in [1.82, 2.24) is 9.97 Å². The zero-order valence-corrected chi connectivity index (χ0v) is 14.0. The fourth-order valence-corrected chi connectivity index (χ4v) is 3.14. The van der Waals surface area contributed by atoms with Crippen molar-refractivity contribution < 1.29 is 13.2 Å². The lowest BCUT2D eigenvalue weighted by Gasteiger charge is -2.19. The van der Waals surface area contributed by atoms with Crippen LogP contribution >= 0.6 is 11.6 Å². The molecule has 6 heteroatoms. The number of nitrogens with zero attached hydrogens (tertiary/aromatic N) is 1. The van der Waals surface area contributed by atoms with Crippen molar-refractivity contribution in [2.75, 3.05) is 0 Å². The summed E-state index contributed by atoms with van der Waals surface area (Å²) in [6.45, 7) is 2.09. The standard InChI is InChI=1S/C18H18ClF3N2/c1-2-11(12-3-6-14(19)7-4-12)9-17-23-15-8-5-13(18(20,21)22)10-16(15)24-17/h3-6,8,10-11,14H,2,7,9H2,1H3,(H,23,24). The van der Waals surface area contributed by atoms with E-state index < -0.39 is 11.7 Å². The second kappa shape index (κ2) is 6.63. The summed E-state index contributed by atoms with van der Waals surface area (Å²) < 4.78 is 38.4. The Morgan fingerprint density at radius 3 is 2.79 bits per heavy atom. The Morgan fingerprint density at radius 2 is 2.17 bits per heavy atom. The molecule has 2 nitrogen and oxygen atoms in total. The predicted octanol–water partition coefficient (Wildman–Crippen LogP) is 5.64. The summed E-state index contributed by atoms with van der Waals surface area (Å²) >= 11 is 6.05. The van der Waals surface area contributed by atoms with Crippen molar-refractivity contribution in [1.29, 1.82) is 0 Å². The molecule has 0 amide bonds. The van der Waals surface area contributed by atoms with E-state index in [0.29, 0.717) is 23.3 Å². The van der Waals surface area contributed by atoms with E-state index in [1.165, 1.54) is 11.6 Å². The maximum absolute atomic E-state index is 12.8. The monoisotopic (exact) mass is 354 g/mol. The molecule has 1 aromatic heterocycles. The summed E-state index contributed by atoms with van der Waals surface area (Å²) in [6.07, 6.45) is 4.20. The molecule has 2 aromatic rings. The molecule has 1 aliphatic rings. The molecule has 0 aliphatic heterocycles. The molecule has 1 aromatic carbocycles. The van der Waals surface area contributed by atoms with Crippen LogP contribution in [0.25, 0.3) is 11.0 Å². The van der Waals surface area contributed by atoms with E-state index in [4.69, 9.17) is 11.6 Å². The molecule has 3 rings (SSSR count). The van der Waals surface area contributed by atoms with Gasteiger partial charge >= 0.3 is 6.18 Å². The second-order valence-corrected chi connectivity index (χ2v) is 6.60. The third-order valence-corrected chi connectivity index (χ3v) is 4.66. The van der Waals surface area contributed by atoms with E-state index in [1.54, 1.807) is 0 Å². The van der Waals surface area contributed by atoms with Crippen LogP contribution in [0, 0.1) is 5.92 Å². The van der Waals surface area contributed by atoms with Crippen LogP contribution in [-0.2, 0) is 12.6 Å². The number of hydrogen-bond donors (Lipinski definition) is 1. The van der Waals surface area contributed by atoms with Crippen molar-refractivity contribution in [3.63, 3.8) is 0 Å². The van der Waals surface area contributed by atoms with E-state index in [1.807, 2.05) is 12.2 Å². The molecule has 24 heavy (non-hydrogen) atoms. The Kier molecular flexibility index (Phi) is 4.72. The number of aromatic nitrogens is 2. The minimum Gasteiger partial charge on any atom is -0.342 e. The second-order valence-electron chi connectivity index (χ2n) is 6.04. The number of alkyl halides is 4. The van der Waals surface area contributed by atoms with Crippen molar-refractivity contribution in [3.05, 3.63) is 53.4 Å². The van der Waals surface area contributed by atoms with Gasteiger partial charge in [-0.3, -0.25) is 0 Å². The molecule has 2 atom stereocenters. The minimum absolute atomic E-state index is 0.0400. The number of aromatic amines is 1. The van der Waals surface area contributed by atoms with E-state index >= 15 is 0 Å². The number of allylic oxidation sites excluding steroid dienone is 4. The smallest absolute Gasteiger partial charge is 0.342 e. The summed E-state index contributed by atoms with van der Waals surface area (Å²) in [5, 5.41) is 0.0400. The highest BCUT2D eigenvalue weighted by atomic mass is 35.5. The van der Waals surface area contributed by atoms with E-state index in [0.717, 1.165) is 25.0 Å². The molecular weight excluding hydrogens is 337 g/mol. The highest BCUT2D eigenvalue weighted by molar-refractivity contribution is 6.22. The van der Waals surface area contributed by atoms with Gasteiger partial charge in [0.05, 0.1) is 22.0 Å². The molecule has 2 unspecified atom stereocenters. The normalized spacial score (nSPS) is 19.5. The summed E-state index contributed by atoms with van der Waals surface area (Å²) in [7, 11) is 0. The number of hydrogen-bond acceptors (Lipinski definition) is 1. The van der Waals surface area contributed by atoms with Crippen LogP contribution in [0.4, 0.5) is 13.2 Å². The van der Waals surface area contributed by atoms with Gasteiger partial charge in [-0.15, -0.1) is 11.6 Å². The fraction of sp³-hybridized carbons (Fsp3) is 0.389. The lowest BCUT2D eigenvalue weighted by atomic mass is 9.89. The Labute approximate surface area is 143 Å². The molecule has 1 heterocycles. The molecular formula is C18H18ClF3N2. The number of fused-ring (bicyclic) bond motifs is 1. The summed E-state index contributed by atoms with van der Waals surface area (Å²) in [5.41, 5.74) is 1.53. The van der Waals surface area contributed by atoms with Crippen molar-refractivity contribution >= 4 is 22.6 Å². The summed E-state index contributed by atoms with van der Waals surface area (Å²) in [4.78, 5) is 7.47. The summed E-state index contributed by atoms with van der Waals surface area (Å²) in [5.74, 6) is 0.978. The number of halogens is 4. The number of benzene rings is 1. The van der Waals surface area contributed by atoms with Gasteiger partial charge in [-0.05, 0) is 42.5 Å². The SMILES string of the molecule is CCC(Cc1nc2ccc(C(F)(F)F)cc2[nH]1)C1=CCC(Cl)C=C1. The maximum atomic E-state index is 12.8. The van der Waals surface area contributed by atoms with Gasteiger partial charge in [0.15, 0.2) is 0 Å². The van der Waals surface area contributed by atoms with Crippen LogP contribution < -0.4 is 0 Å². The Balaban J connectivity index is 1.83. The highest BCUT2D eigenvalue weighted by Gasteiger charge is 2.30. The van der Waals surface area contributed by atoms with Crippen LogP contribution in [0.5, 0.6) is 0 Å². The third-order valence-electron chi connectivity index (χ3n) is 4.34. The molecule has 1 aliphatic carbocycles. The molecule has 0 radical (unpaired) electrons. The minimum atomic E-state index is -4.35. The van der Waals surface area contributed by atoms with Gasteiger partial charge in [-0.1, -0.05) is 25.2 Å². The Bertz CT molecular complexity index is 789. The Morgan fingerprint density at radius 1 is 1.38 bits per heavy atom. The van der Waals surface area contributed by atoms with E-state index in [2.05, 4.69) is 23.0 Å². The lowest BCUT2D eigenvalue weighted by molar-refractivity contribution is -0.137. The molecule has 0 saturated heterocycles. The van der Waals surface area contributed by atoms with E-state index in [9.17, 15) is 13.2 Å². The third kappa shape index (κ3) is 3.66. The quantitative estimate of drug-likeness (QED) is 0.707. The molecule has 0 fully saturated rings. The zero-order chi connectivity index (χ0) is 17.3. The van der Waals surface area contributed by atoms with Crippen LogP contribution in [0.1, 0.15) is 31.2 Å². The first kappa shape index (κ1) is 17.1. The highest BCUT2D eigenvalue weighted by Crippen LogP contribution is 2.31. The lowest BCUT2D eigenvalue weighted by Crippen LogP contribution is -2.10. The van der Waals surface area contributed by atoms with Gasteiger partial charge in [-0.2, -0.15) is 13.2 Å². The molecule has 0 bridgehead atoms. The van der Waals surface area contributed by atoms with Crippen molar-refractivity contribution in [2.24, 2.45) is 5.92 Å². The maximum Gasteiger partial charge on any atom is 0.416 e. The average molecular weight is 355 g/mol. The molecule has 0 saturated carbocycles. The van der Waals surface area contributed by atoms with E-state index in [-0.39, 0.29) is 11.3 Å². The van der Waals surface area contributed by atoms with Gasteiger partial charge in [-0.25, -0.2) is 4.98 Å². The zero-order valence-electron chi connectivity index (χ0n) is 13.2. The number of nitrogens with one attached hydrogen (secondary N) is 1. The number of H-pyrrole nitrogens is 1. The van der Waals surface area contributed by atoms with Gasteiger partial charge in [0.25, 0.3) is 0 Å². The molecule has 128 valence electrons. The van der Waals surface area contributed by atoms with Crippen LogP contribution in [0.15, 0.2) is 42.0 Å². The van der Waals surface area contributed by atoms with Crippen LogP contribution in [0.3, 0.4) is 0 Å². The first-order chi connectivity index (χ1) is 11.4. The fourth-order valence-electron chi connectivity index (χ4n) is 2.98. The van der Waals surface area contributed by atoms with Crippen LogP contribution in [-0.4, -0.2) is 15.3 Å². The van der Waals surface area contributed by atoms with Gasteiger partial charge in [0, 0.05) is 6.42 Å². The molecule has 1 N–H and O–H groups in total. The first-order valence-corrected chi connectivity index (χ1v) is 8.38. The number of imidazole rings is 1. The number of rotatable bonds is 4. The van der Waals surface area contributed by atoms with Gasteiger partial charge in [0.2, 0.25) is 0 Å². The van der Waals surface area contributed by atoms with Gasteiger partial charge < -0.3 is 4.98 Å². The predicted molar refractivity (Wildman–Crippen MR) is 90.1 cm³/mol. The van der Waals surface area contributed by atoms with Crippen molar-refractivity contribution in [2.45, 2.75) is 37.7 Å². The average Bonchev–Trinajstić information content (AvgIpc) is 2.94. The topological polar surface area (TPSA) is 28.7 Å². The Hall–Kier alpha value is -1.75. The largest absolute Gasteiger partial charge is 0.416 e. The van der Waals surface area contributed by atoms with Gasteiger partial charge in [0.1, 0.15) is 5.82 Å². The first-order valence-electron chi connectivity index (χ1n) is 7.95. The van der Waals surface area contributed by atoms with Crippen LogP contribution in [0.2, 0.25) is 0 Å².